The first-order valence-electron chi connectivity index (χ1n) is 6.88. The second kappa shape index (κ2) is 10.7. The van der Waals surface area contributed by atoms with Gasteiger partial charge < -0.3 is 19.5 Å². The summed E-state index contributed by atoms with van der Waals surface area (Å²) in [7, 11) is 3.49. The van der Waals surface area contributed by atoms with Gasteiger partial charge in [-0.2, -0.15) is 0 Å². The van der Waals surface area contributed by atoms with Crippen molar-refractivity contribution < 1.29 is 14.2 Å². The molecule has 5 heteroatoms. The van der Waals surface area contributed by atoms with Gasteiger partial charge in [0.15, 0.2) is 0 Å². The molecule has 0 unspecified atom stereocenters. The number of nitrogens with one attached hydrogen (secondary N) is 1. The minimum atomic E-state index is 0.630. The Hall–Kier alpha value is -0.200. The molecule has 0 spiro atoms. The molecule has 0 aromatic heterocycles. The van der Waals surface area contributed by atoms with Crippen molar-refractivity contribution in [2.24, 2.45) is 0 Å². The molecule has 0 bridgehead atoms. The van der Waals surface area contributed by atoms with Gasteiger partial charge in [-0.1, -0.05) is 0 Å². The summed E-state index contributed by atoms with van der Waals surface area (Å²) in [5, 5.41) is 3.60. The van der Waals surface area contributed by atoms with Gasteiger partial charge >= 0.3 is 0 Å². The Morgan fingerprint density at radius 2 is 1.67 bits per heavy atom. The molecule has 108 valence electrons. The fraction of sp³-hybridized carbons (Fsp3) is 1.00. The number of nitrogens with zero attached hydrogens (tertiary/aromatic N) is 1. The molecule has 1 fully saturated rings. The van der Waals surface area contributed by atoms with E-state index in [2.05, 4.69) is 10.2 Å². The van der Waals surface area contributed by atoms with Crippen molar-refractivity contribution in [2.45, 2.75) is 18.9 Å². The first-order chi connectivity index (χ1) is 8.86. The number of methoxy groups -OCH3 is 2. The van der Waals surface area contributed by atoms with E-state index in [4.69, 9.17) is 14.2 Å². The van der Waals surface area contributed by atoms with E-state index >= 15 is 0 Å². The van der Waals surface area contributed by atoms with Gasteiger partial charge in [-0.3, -0.25) is 4.90 Å². The van der Waals surface area contributed by atoms with Crippen LogP contribution in [-0.2, 0) is 14.2 Å². The second-order valence-corrected chi connectivity index (χ2v) is 4.67. The maximum absolute atomic E-state index is 5.35. The van der Waals surface area contributed by atoms with Crippen LogP contribution in [0.25, 0.3) is 0 Å². The third kappa shape index (κ3) is 7.28. The zero-order valence-corrected chi connectivity index (χ0v) is 11.8. The van der Waals surface area contributed by atoms with Gasteiger partial charge in [-0.25, -0.2) is 0 Å². The van der Waals surface area contributed by atoms with Crippen LogP contribution in [0.4, 0.5) is 0 Å². The molecule has 0 aromatic carbocycles. The molecule has 1 aliphatic heterocycles. The van der Waals surface area contributed by atoms with Crippen LogP contribution in [0, 0.1) is 0 Å². The van der Waals surface area contributed by atoms with Gasteiger partial charge in [0, 0.05) is 59.7 Å². The maximum atomic E-state index is 5.35. The lowest BCUT2D eigenvalue weighted by atomic mass is 10.1. The van der Waals surface area contributed by atoms with Crippen LogP contribution in [0.5, 0.6) is 0 Å². The third-order valence-corrected chi connectivity index (χ3v) is 3.31. The largest absolute Gasteiger partial charge is 0.383 e. The van der Waals surface area contributed by atoms with E-state index in [1.807, 2.05) is 0 Å². The number of hydrogen-bond acceptors (Lipinski definition) is 5. The molecule has 1 N–H and O–H groups in total. The Balaban J connectivity index is 2.10. The lowest BCUT2D eigenvalue weighted by Gasteiger charge is -2.26. The Bertz CT molecular complexity index is 179. The van der Waals surface area contributed by atoms with Gasteiger partial charge in [0.05, 0.1) is 13.2 Å². The van der Waals surface area contributed by atoms with E-state index in [1.54, 1.807) is 14.2 Å². The summed E-state index contributed by atoms with van der Waals surface area (Å²) in [5.41, 5.74) is 0. The fourth-order valence-electron chi connectivity index (χ4n) is 2.10. The first-order valence-corrected chi connectivity index (χ1v) is 6.88. The Morgan fingerprint density at radius 3 is 2.22 bits per heavy atom. The predicted octanol–water partition coefficient (Wildman–Crippen LogP) is 0.350. The molecule has 0 aliphatic carbocycles. The summed E-state index contributed by atoms with van der Waals surface area (Å²) >= 11 is 0. The normalized spacial score (nSPS) is 17.5. The van der Waals surface area contributed by atoms with Gasteiger partial charge in [-0.05, 0) is 12.8 Å². The zero-order chi connectivity index (χ0) is 13.1. The van der Waals surface area contributed by atoms with Crippen LogP contribution >= 0.6 is 0 Å². The minimum Gasteiger partial charge on any atom is -0.383 e. The summed E-state index contributed by atoms with van der Waals surface area (Å²) in [6, 6.07) is 0.630. The lowest BCUT2D eigenvalue weighted by molar-refractivity contribution is 0.0756. The number of hydrogen-bond donors (Lipinski definition) is 1. The molecule has 1 aliphatic rings. The molecule has 0 amide bonds. The van der Waals surface area contributed by atoms with Crippen molar-refractivity contribution >= 4 is 0 Å². The molecular weight excluding hydrogens is 232 g/mol. The summed E-state index contributed by atoms with van der Waals surface area (Å²) in [6.45, 7) is 7.36. The number of rotatable bonds is 10. The van der Waals surface area contributed by atoms with Crippen molar-refractivity contribution in [2.75, 3.05) is 66.8 Å². The van der Waals surface area contributed by atoms with Crippen LogP contribution < -0.4 is 5.32 Å². The lowest BCUT2D eigenvalue weighted by Crippen LogP contribution is -2.41. The van der Waals surface area contributed by atoms with Crippen molar-refractivity contribution in [3.63, 3.8) is 0 Å². The highest BCUT2D eigenvalue weighted by Gasteiger charge is 2.13. The van der Waals surface area contributed by atoms with E-state index in [9.17, 15) is 0 Å². The Labute approximate surface area is 111 Å². The van der Waals surface area contributed by atoms with E-state index in [0.717, 1.165) is 65.4 Å². The molecule has 0 radical (unpaired) electrons. The molecule has 1 rings (SSSR count). The summed E-state index contributed by atoms with van der Waals surface area (Å²) < 4.78 is 15.6. The predicted molar refractivity (Wildman–Crippen MR) is 72.0 cm³/mol. The average Bonchev–Trinajstić information content (AvgIpc) is 2.42. The van der Waals surface area contributed by atoms with Gasteiger partial charge in [-0.15, -0.1) is 0 Å². The summed E-state index contributed by atoms with van der Waals surface area (Å²) in [5.74, 6) is 0. The summed E-state index contributed by atoms with van der Waals surface area (Å²) in [4.78, 5) is 2.37. The molecule has 0 saturated carbocycles. The fourth-order valence-corrected chi connectivity index (χ4v) is 2.10. The molecule has 1 heterocycles. The average molecular weight is 260 g/mol. The summed E-state index contributed by atoms with van der Waals surface area (Å²) in [6.07, 6.45) is 2.27. The number of ether oxygens (including phenoxy) is 3. The first kappa shape index (κ1) is 15.9. The molecule has 0 aromatic rings. The van der Waals surface area contributed by atoms with Gasteiger partial charge in [0.25, 0.3) is 0 Å². The second-order valence-electron chi connectivity index (χ2n) is 4.67. The van der Waals surface area contributed by atoms with Crippen LogP contribution in [0.1, 0.15) is 12.8 Å². The Morgan fingerprint density at radius 1 is 1.06 bits per heavy atom. The molecular formula is C13H28N2O3. The monoisotopic (exact) mass is 260 g/mol. The highest BCUT2D eigenvalue weighted by molar-refractivity contribution is 4.71. The van der Waals surface area contributed by atoms with E-state index in [-0.39, 0.29) is 0 Å². The van der Waals surface area contributed by atoms with Crippen LogP contribution in [0.3, 0.4) is 0 Å². The minimum absolute atomic E-state index is 0.630. The van der Waals surface area contributed by atoms with Gasteiger partial charge in [0.1, 0.15) is 0 Å². The SMILES string of the molecule is COCCN(CCNC1CCOCC1)CCOC. The standard InChI is InChI=1S/C13H28N2O3/c1-16-11-7-15(8-12-17-2)6-5-14-13-3-9-18-10-4-13/h13-14H,3-12H2,1-2H3. The molecule has 1 saturated heterocycles. The van der Waals surface area contributed by atoms with Crippen LogP contribution in [0.2, 0.25) is 0 Å². The van der Waals surface area contributed by atoms with Crippen molar-refractivity contribution in [3.05, 3.63) is 0 Å². The third-order valence-electron chi connectivity index (χ3n) is 3.31. The van der Waals surface area contributed by atoms with Crippen molar-refractivity contribution in [1.29, 1.82) is 0 Å². The van der Waals surface area contributed by atoms with E-state index in [1.165, 1.54) is 0 Å². The highest BCUT2D eigenvalue weighted by atomic mass is 16.5. The molecule has 18 heavy (non-hydrogen) atoms. The smallest absolute Gasteiger partial charge is 0.0589 e. The quantitative estimate of drug-likeness (QED) is 0.614. The van der Waals surface area contributed by atoms with Crippen molar-refractivity contribution in [3.8, 4) is 0 Å². The Kier molecular flexibility index (Phi) is 9.42. The van der Waals surface area contributed by atoms with Gasteiger partial charge in [0.2, 0.25) is 0 Å². The van der Waals surface area contributed by atoms with E-state index in [0.29, 0.717) is 6.04 Å². The van der Waals surface area contributed by atoms with Crippen molar-refractivity contribution in [1.82, 2.24) is 10.2 Å². The molecule has 0 atom stereocenters. The van der Waals surface area contributed by atoms with Crippen LogP contribution in [-0.4, -0.2) is 77.8 Å². The molecule has 5 nitrogen and oxygen atoms in total. The van der Waals surface area contributed by atoms with Crippen LogP contribution in [0.15, 0.2) is 0 Å². The topological polar surface area (TPSA) is 43.0 Å². The maximum Gasteiger partial charge on any atom is 0.0589 e. The highest BCUT2D eigenvalue weighted by Crippen LogP contribution is 2.05. The van der Waals surface area contributed by atoms with E-state index < -0.39 is 0 Å². The zero-order valence-electron chi connectivity index (χ0n) is 11.8.